The van der Waals surface area contributed by atoms with E-state index in [4.69, 9.17) is 5.26 Å². The molecule has 0 unspecified atom stereocenters. The molecule has 0 radical (unpaired) electrons. The second-order valence-electron chi connectivity index (χ2n) is 6.21. The first-order valence-corrected chi connectivity index (χ1v) is 8.16. The minimum absolute atomic E-state index is 0.0962. The van der Waals surface area contributed by atoms with E-state index in [1.165, 1.54) is 5.56 Å². The molecular weight excluding hydrogens is 302 g/mol. The van der Waals surface area contributed by atoms with Gasteiger partial charge in [0.25, 0.3) is 5.91 Å². The molecule has 1 amide bonds. The van der Waals surface area contributed by atoms with E-state index in [1.807, 2.05) is 24.3 Å². The van der Waals surface area contributed by atoms with E-state index in [0.717, 1.165) is 32.5 Å². The molecule has 1 aliphatic rings. The SMILES string of the molecule is Cn1ccc(C(=O)NC2CCN(Cc3ccc(C#N)cc3)CC2)n1. The Bertz CT molecular complexity index is 736. The number of nitrogens with one attached hydrogen (secondary N) is 1. The van der Waals surface area contributed by atoms with Crippen LogP contribution in [0.15, 0.2) is 36.5 Å². The molecule has 24 heavy (non-hydrogen) atoms. The van der Waals surface area contributed by atoms with Gasteiger partial charge in [-0.05, 0) is 36.6 Å². The fourth-order valence-electron chi connectivity index (χ4n) is 2.97. The van der Waals surface area contributed by atoms with Gasteiger partial charge in [0.2, 0.25) is 0 Å². The van der Waals surface area contributed by atoms with Crippen molar-refractivity contribution in [2.24, 2.45) is 7.05 Å². The summed E-state index contributed by atoms with van der Waals surface area (Å²) in [6.45, 7) is 2.78. The van der Waals surface area contributed by atoms with E-state index in [-0.39, 0.29) is 11.9 Å². The third kappa shape index (κ3) is 4.00. The number of carbonyl (C=O) groups is 1. The molecule has 3 rings (SSSR count). The summed E-state index contributed by atoms with van der Waals surface area (Å²) < 4.78 is 1.63. The Morgan fingerprint density at radius 3 is 2.58 bits per heavy atom. The van der Waals surface area contributed by atoms with E-state index in [1.54, 1.807) is 24.0 Å². The molecule has 2 aromatic rings. The molecule has 1 N–H and O–H groups in total. The van der Waals surface area contributed by atoms with Crippen molar-refractivity contribution in [1.82, 2.24) is 20.0 Å². The minimum Gasteiger partial charge on any atom is -0.348 e. The topological polar surface area (TPSA) is 74.0 Å². The average Bonchev–Trinajstić information content (AvgIpc) is 3.04. The number of hydrogen-bond acceptors (Lipinski definition) is 4. The lowest BCUT2D eigenvalue weighted by Gasteiger charge is -2.32. The van der Waals surface area contributed by atoms with Crippen LogP contribution in [0.3, 0.4) is 0 Å². The number of benzene rings is 1. The number of aryl methyl sites for hydroxylation is 1. The molecule has 6 heteroatoms. The summed E-state index contributed by atoms with van der Waals surface area (Å²) >= 11 is 0. The highest BCUT2D eigenvalue weighted by Crippen LogP contribution is 2.15. The molecule has 1 saturated heterocycles. The fourth-order valence-corrected chi connectivity index (χ4v) is 2.97. The third-order valence-corrected chi connectivity index (χ3v) is 4.36. The van der Waals surface area contributed by atoms with Crippen LogP contribution in [-0.2, 0) is 13.6 Å². The molecule has 0 atom stereocenters. The van der Waals surface area contributed by atoms with Gasteiger partial charge in [-0.2, -0.15) is 10.4 Å². The number of nitriles is 1. The monoisotopic (exact) mass is 323 g/mol. The van der Waals surface area contributed by atoms with Gasteiger partial charge < -0.3 is 5.32 Å². The zero-order valence-corrected chi connectivity index (χ0v) is 13.8. The minimum atomic E-state index is -0.0962. The van der Waals surface area contributed by atoms with Gasteiger partial charge in [-0.25, -0.2) is 0 Å². The van der Waals surface area contributed by atoms with Gasteiger partial charge in [0.05, 0.1) is 11.6 Å². The summed E-state index contributed by atoms with van der Waals surface area (Å²) in [6, 6.07) is 11.8. The molecule has 0 saturated carbocycles. The lowest BCUT2D eigenvalue weighted by Crippen LogP contribution is -2.44. The van der Waals surface area contributed by atoms with Crippen LogP contribution in [0.4, 0.5) is 0 Å². The molecular formula is C18H21N5O. The predicted molar refractivity (Wildman–Crippen MR) is 90.1 cm³/mol. The van der Waals surface area contributed by atoms with Crippen molar-refractivity contribution in [2.45, 2.75) is 25.4 Å². The van der Waals surface area contributed by atoms with Crippen LogP contribution >= 0.6 is 0 Å². The maximum atomic E-state index is 12.1. The molecule has 2 heterocycles. The number of carbonyl (C=O) groups excluding carboxylic acids is 1. The van der Waals surface area contributed by atoms with Gasteiger partial charge in [-0.1, -0.05) is 12.1 Å². The summed E-state index contributed by atoms with van der Waals surface area (Å²) in [5.74, 6) is -0.0962. The highest BCUT2D eigenvalue weighted by Gasteiger charge is 2.21. The van der Waals surface area contributed by atoms with Crippen LogP contribution < -0.4 is 5.32 Å². The summed E-state index contributed by atoms with van der Waals surface area (Å²) in [7, 11) is 1.80. The standard InChI is InChI=1S/C18H21N5O/c1-22-9-8-17(21-22)18(24)20-16-6-10-23(11-7-16)13-15-4-2-14(12-19)3-5-15/h2-5,8-9,16H,6-7,10-11,13H2,1H3,(H,20,24). The molecule has 0 spiro atoms. The number of nitrogens with zero attached hydrogens (tertiary/aromatic N) is 4. The summed E-state index contributed by atoms with van der Waals surface area (Å²) in [4.78, 5) is 14.5. The van der Waals surface area contributed by atoms with Gasteiger partial charge in [0.1, 0.15) is 5.69 Å². The molecule has 1 aromatic heterocycles. The van der Waals surface area contributed by atoms with Crippen molar-refractivity contribution in [2.75, 3.05) is 13.1 Å². The molecule has 1 fully saturated rings. The lowest BCUT2D eigenvalue weighted by atomic mass is 10.0. The predicted octanol–water partition coefficient (Wildman–Crippen LogP) is 1.69. The van der Waals surface area contributed by atoms with Crippen molar-refractivity contribution in [1.29, 1.82) is 5.26 Å². The van der Waals surface area contributed by atoms with Crippen LogP contribution in [0.25, 0.3) is 0 Å². The largest absolute Gasteiger partial charge is 0.348 e. The van der Waals surface area contributed by atoms with E-state index >= 15 is 0 Å². The Balaban J connectivity index is 1.47. The van der Waals surface area contributed by atoms with Crippen LogP contribution in [0.2, 0.25) is 0 Å². The van der Waals surface area contributed by atoms with Gasteiger partial charge in [0.15, 0.2) is 0 Å². The molecule has 0 aliphatic carbocycles. The second kappa shape index (κ2) is 7.28. The normalized spacial score (nSPS) is 15.8. The van der Waals surface area contributed by atoms with Crippen molar-refractivity contribution in [3.63, 3.8) is 0 Å². The Morgan fingerprint density at radius 2 is 2.00 bits per heavy atom. The highest BCUT2D eigenvalue weighted by molar-refractivity contribution is 5.92. The maximum absolute atomic E-state index is 12.1. The van der Waals surface area contributed by atoms with E-state index in [0.29, 0.717) is 11.3 Å². The van der Waals surface area contributed by atoms with Crippen molar-refractivity contribution >= 4 is 5.91 Å². The number of rotatable bonds is 4. The zero-order valence-electron chi connectivity index (χ0n) is 13.8. The summed E-state index contributed by atoms with van der Waals surface area (Å²) in [6.07, 6.45) is 3.65. The number of aromatic nitrogens is 2. The third-order valence-electron chi connectivity index (χ3n) is 4.36. The maximum Gasteiger partial charge on any atom is 0.271 e. The van der Waals surface area contributed by atoms with Crippen LogP contribution in [-0.4, -0.2) is 39.7 Å². The van der Waals surface area contributed by atoms with E-state index in [2.05, 4.69) is 21.4 Å². The quantitative estimate of drug-likeness (QED) is 0.929. The van der Waals surface area contributed by atoms with Gasteiger partial charge in [-0.3, -0.25) is 14.4 Å². The second-order valence-corrected chi connectivity index (χ2v) is 6.21. The summed E-state index contributed by atoms with van der Waals surface area (Å²) in [5.41, 5.74) is 2.37. The van der Waals surface area contributed by atoms with Crippen molar-refractivity contribution in [3.8, 4) is 6.07 Å². The molecule has 6 nitrogen and oxygen atoms in total. The average molecular weight is 323 g/mol. The lowest BCUT2D eigenvalue weighted by molar-refractivity contribution is 0.0903. The van der Waals surface area contributed by atoms with Gasteiger partial charge in [0, 0.05) is 38.9 Å². The van der Waals surface area contributed by atoms with E-state index in [9.17, 15) is 4.79 Å². The van der Waals surface area contributed by atoms with Crippen molar-refractivity contribution in [3.05, 3.63) is 53.3 Å². The first-order valence-electron chi connectivity index (χ1n) is 8.16. The van der Waals surface area contributed by atoms with Gasteiger partial charge >= 0.3 is 0 Å². The molecule has 1 aromatic carbocycles. The van der Waals surface area contributed by atoms with Gasteiger partial charge in [-0.15, -0.1) is 0 Å². The Labute approximate surface area is 141 Å². The highest BCUT2D eigenvalue weighted by atomic mass is 16.2. The van der Waals surface area contributed by atoms with Crippen molar-refractivity contribution < 1.29 is 4.79 Å². The van der Waals surface area contributed by atoms with E-state index < -0.39 is 0 Å². The number of likely N-dealkylation sites (tertiary alicyclic amines) is 1. The molecule has 124 valence electrons. The van der Waals surface area contributed by atoms with Crippen LogP contribution in [0.1, 0.15) is 34.5 Å². The number of amides is 1. The smallest absolute Gasteiger partial charge is 0.271 e. The first-order chi connectivity index (χ1) is 11.6. The number of piperidine rings is 1. The first kappa shape index (κ1) is 16.2. The van der Waals surface area contributed by atoms with Crippen LogP contribution in [0, 0.1) is 11.3 Å². The Kier molecular flexibility index (Phi) is 4.92. The number of hydrogen-bond donors (Lipinski definition) is 1. The Morgan fingerprint density at radius 1 is 1.29 bits per heavy atom. The molecule has 1 aliphatic heterocycles. The van der Waals surface area contributed by atoms with Crippen LogP contribution in [0.5, 0.6) is 0 Å². The molecule has 0 bridgehead atoms. The fraction of sp³-hybridized carbons (Fsp3) is 0.389. The Hall–Kier alpha value is -2.65. The summed E-state index contributed by atoms with van der Waals surface area (Å²) in [5, 5.41) is 16.0. The zero-order chi connectivity index (χ0) is 16.9.